The van der Waals surface area contributed by atoms with Gasteiger partial charge in [0.1, 0.15) is 11.4 Å². The largest absolute Gasteiger partial charge is 0.494 e. The first kappa shape index (κ1) is 18.9. The first-order valence-corrected chi connectivity index (χ1v) is 9.30. The second-order valence-electron chi connectivity index (χ2n) is 6.94. The number of nitro groups is 1. The van der Waals surface area contributed by atoms with Crippen LogP contribution >= 0.6 is 0 Å². The molecule has 6 heteroatoms. The number of nitrogens with zero attached hydrogens (tertiary/aromatic N) is 2. The molecule has 0 unspecified atom stereocenters. The average molecular weight is 368 g/mol. The molecular weight excluding hydrogens is 344 g/mol. The Hall–Kier alpha value is -2.89. The maximum Gasteiger partial charge on any atom is 0.293 e. The number of anilines is 1. The summed E-state index contributed by atoms with van der Waals surface area (Å²) in [6.07, 6.45) is 2.16. The van der Waals surface area contributed by atoms with E-state index >= 15 is 0 Å². The molecule has 0 radical (unpaired) electrons. The Balaban J connectivity index is 1.89. The van der Waals surface area contributed by atoms with Crippen molar-refractivity contribution in [1.82, 2.24) is 0 Å². The molecule has 0 N–H and O–H groups in total. The quantitative estimate of drug-likeness (QED) is 0.427. The van der Waals surface area contributed by atoms with Gasteiger partial charge in [0.05, 0.1) is 11.5 Å². The number of carbonyl (C=O) groups excluding carboxylic acids is 1. The summed E-state index contributed by atoms with van der Waals surface area (Å²) in [5, 5.41) is 11.6. The molecule has 1 heterocycles. The summed E-state index contributed by atoms with van der Waals surface area (Å²) in [6.45, 7) is 6.20. The number of rotatable bonds is 6. The Morgan fingerprint density at radius 1 is 1.22 bits per heavy atom. The number of piperidine rings is 1. The van der Waals surface area contributed by atoms with E-state index in [-0.39, 0.29) is 11.5 Å². The van der Waals surface area contributed by atoms with Crippen molar-refractivity contribution in [2.75, 3.05) is 24.6 Å². The molecule has 6 nitrogen and oxygen atoms in total. The van der Waals surface area contributed by atoms with E-state index in [1.54, 1.807) is 36.4 Å². The monoisotopic (exact) mass is 368 g/mol. The normalized spacial score (nSPS) is 16.8. The second kappa shape index (κ2) is 8.20. The number of nitro benzene ring substituents is 1. The van der Waals surface area contributed by atoms with Crippen LogP contribution in [0.1, 0.15) is 42.6 Å². The molecule has 1 atom stereocenters. The van der Waals surface area contributed by atoms with Crippen LogP contribution in [0.15, 0.2) is 42.5 Å². The minimum Gasteiger partial charge on any atom is -0.494 e. The number of benzene rings is 2. The van der Waals surface area contributed by atoms with Gasteiger partial charge in [-0.25, -0.2) is 0 Å². The molecule has 2 aromatic rings. The van der Waals surface area contributed by atoms with E-state index < -0.39 is 4.92 Å². The lowest BCUT2D eigenvalue weighted by Crippen LogP contribution is -2.34. The number of hydrogen-bond acceptors (Lipinski definition) is 5. The zero-order valence-electron chi connectivity index (χ0n) is 15.7. The van der Waals surface area contributed by atoms with Gasteiger partial charge in [-0.15, -0.1) is 0 Å². The van der Waals surface area contributed by atoms with Crippen LogP contribution in [0.25, 0.3) is 0 Å². The highest BCUT2D eigenvalue weighted by atomic mass is 16.6. The van der Waals surface area contributed by atoms with E-state index in [1.165, 1.54) is 6.07 Å². The fraction of sp³-hybridized carbons (Fsp3) is 0.381. The van der Waals surface area contributed by atoms with Gasteiger partial charge in [-0.1, -0.05) is 6.92 Å². The third kappa shape index (κ3) is 4.27. The Morgan fingerprint density at radius 2 is 1.93 bits per heavy atom. The summed E-state index contributed by atoms with van der Waals surface area (Å²) < 4.78 is 5.38. The lowest BCUT2D eigenvalue weighted by atomic mass is 9.98. The Morgan fingerprint density at radius 3 is 2.56 bits per heavy atom. The van der Waals surface area contributed by atoms with Crippen molar-refractivity contribution in [1.29, 1.82) is 0 Å². The van der Waals surface area contributed by atoms with Crippen molar-refractivity contribution < 1.29 is 14.5 Å². The van der Waals surface area contributed by atoms with Gasteiger partial charge in [-0.2, -0.15) is 0 Å². The SMILES string of the molecule is CCOc1ccc(C(=O)c2ccc(N3CCC[C@@H](C)C3)c([N+](=O)[O-])c2)cc1. The standard InChI is InChI=1S/C21H24N2O4/c1-3-27-18-9-6-16(7-10-18)21(24)17-8-11-19(20(13-17)23(25)26)22-12-4-5-15(2)14-22/h6-11,13,15H,3-5,12,14H2,1-2H3/t15-/m1/s1. The van der Waals surface area contributed by atoms with Crippen molar-refractivity contribution in [2.45, 2.75) is 26.7 Å². The first-order valence-electron chi connectivity index (χ1n) is 9.30. The van der Waals surface area contributed by atoms with Crippen LogP contribution in [0.3, 0.4) is 0 Å². The highest BCUT2D eigenvalue weighted by Crippen LogP contribution is 2.33. The fourth-order valence-corrected chi connectivity index (χ4v) is 3.52. The van der Waals surface area contributed by atoms with E-state index in [0.29, 0.717) is 35.1 Å². The molecule has 0 aromatic heterocycles. The number of ether oxygens (including phenoxy) is 1. The minimum absolute atomic E-state index is 0.0131. The van der Waals surface area contributed by atoms with Gasteiger partial charge < -0.3 is 9.64 Å². The van der Waals surface area contributed by atoms with Crippen molar-refractivity contribution in [3.05, 3.63) is 63.7 Å². The van der Waals surface area contributed by atoms with Gasteiger partial charge in [-0.05, 0) is 62.1 Å². The molecule has 0 bridgehead atoms. The molecule has 1 fully saturated rings. The molecule has 1 aliphatic rings. The molecule has 0 aliphatic carbocycles. The zero-order valence-corrected chi connectivity index (χ0v) is 15.7. The van der Waals surface area contributed by atoms with Crippen LogP contribution < -0.4 is 9.64 Å². The van der Waals surface area contributed by atoms with E-state index in [2.05, 4.69) is 11.8 Å². The van der Waals surface area contributed by atoms with Crippen molar-refractivity contribution in [2.24, 2.45) is 5.92 Å². The molecule has 3 rings (SSSR count). The third-order valence-corrected chi connectivity index (χ3v) is 4.86. The molecule has 1 aliphatic heterocycles. The molecule has 142 valence electrons. The molecular formula is C21H24N2O4. The molecule has 27 heavy (non-hydrogen) atoms. The van der Waals surface area contributed by atoms with Gasteiger partial charge in [0.25, 0.3) is 5.69 Å². The lowest BCUT2D eigenvalue weighted by molar-refractivity contribution is -0.384. The van der Waals surface area contributed by atoms with Crippen LogP contribution in [0.4, 0.5) is 11.4 Å². The van der Waals surface area contributed by atoms with Gasteiger partial charge in [-0.3, -0.25) is 14.9 Å². The van der Waals surface area contributed by atoms with Crippen molar-refractivity contribution in [3.8, 4) is 5.75 Å². The maximum absolute atomic E-state index is 12.8. The van der Waals surface area contributed by atoms with Crippen molar-refractivity contribution in [3.63, 3.8) is 0 Å². The van der Waals surface area contributed by atoms with E-state index in [4.69, 9.17) is 4.74 Å². The van der Waals surface area contributed by atoms with Crippen LogP contribution in [-0.2, 0) is 0 Å². The van der Waals surface area contributed by atoms with Gasteiger partial charge in [0, 0.05) is 30.3 Å². The predicted octanol–water partition coefficient (Wildman–Crippen LogP) is 4.46. The zero-order chi connectivity index (χ0) is 19.4. The Kier molecular flexibility index (Phi) is 5.74. The number of carbonyl (C=O) groups is 1. The maximum atomic E-state index is 12.8. The Labute approximate surface area is 158 Å². The van der Waals surface area contributed by atoms with Crippen molar-refractivity contribution >= 4 is 17.2 Å². The van der Waals surface area contributed by atoms with Gasteiger partial charge in [0.15, 0.2) is 5.78 Å². The van der Waals surface area contributed by atoms with E-state index in [0.717, 1.165) is 25.9 Å². The number of hydrogen-bond donors (Lipinski definition) is 0. The highest BCUT2D eigenvalue weighted by Gasteiger charge is 2.25. The average Bonchev–Trinajstić information content (AvgIpc) is 2.68. The summed E-state index contributed by atoms with van der Waals surface area (Å²) in [6, 6.07) is 11.6. The first-order chi connectivity index (χ1) is 13.0. The summed E-state index contributed by atoms with van der Waals surface area (Å²) in [5.41, 5.74) is 1.38. The number of ketones is 1. The topological polar surface area (TPSA) is 72.7 Å². The van der Waals surface area contributed by atoms with Crippen LogP contribution in [0, 0.1) is 16.0 Å². The van der Waals surface area contributed by atoms with Crippen LogP contribution in [0.2, 0.25) is 0 Å². The van der Waals surface area contributed by atoms with E-state index in [1.807, 2.05) is 6.92 Å². The Bertz CT molecular complexity index is 833. The fourth-order valence-electron chi connectivity index (χ4n) is 3.52. The van der Waals surface area contributed by atoms with E-state index in [9.17, 15) is 14.9 Å². The molecule has 0 amide bonds. The smallest absolute Gasteiger partial charge is 0.293 e. The summed E-state index contributed by atoms with van der Waals surface area (Å²) >= 11 is 0. The predicted molar refractivity (Wildman–Crippen MR) is 105 cm³/mol. The summed E-state index contributed by atoms with van der Waals surface area (Å²) in [7, 11) is 0. The molecule has 0 saturated carbocycles. The summed E-state index contributed by atoms with van der Waals surface area (Å²) in [5.74, 6) is 0.956. The third-order valence-electron chi connectivity index (χ3n) is 4.86. The minimum atomic E-state index is -0.399. The lowest BCUT2D eigenvalue weighted by Gasteiger charge is -2.32. The molecule has 2 aromatic carbocycles. The second-order valence-corrected chi connectivity index (χ2v) is 6.94. The molecule has 0 spiro atoms. The highest BCUT2D eigenvalue weighted by molar-refractivity contribution is 6.09. The van der Waals surface area contributed by atoms with Gasteiger partial charge >= 0.3 is 0 Å². The molecule has 1 saturated heterocycles. The van der Waals surface area contributed by atoms with Gasteiger partial charge in [0.2, 0.25) is 0 Å². The summed E-state index contributed by atoms with van der Waals surface area (Å²) in [4.78, 5) is 26.0. The van der Waals surface area contributed by atoms with Crippen LogP contribution in [0.5, 0.6) is 5.75 Å². The van der Waals surface area contributed by atoms with Crippen LogP contribution in [-0.4, -0.2) is 30.4 Å².